The monoisotopic (exact) mass is 409 g/mol. The Balaban J connectivity index is 1.91. The second kappa shape index (κ2) is 6.82. The van der Waals surface area contributed by atoms with E-state index in [0.29, 0.717) is 11.3 Å². The number of hydrogen-bond donors (Lipinski definition) is 3. The lowest BCUT2D eigenvalue weighted by molar-refractivity contribution is 0.0698. The van der Waals surface area contributed by atoms with Crippen molar-refractivity contribution in [1.29, 1.82) is 5.26 Å². The number of carboxylic acid groups (broad SMARTS) is 1. The van der Waals surface area contributed by atoms with E-state index >= 15 is 0 Å². The number of hydrogen-bond acceptors (Lipinski definition) is 5. The summed E-state index contributed by atoms with van der Waals surface area (Å²) in [5, 5.41) is 18.8. The van der Waals surface area contributed by atoms with Crippen LogP contribution in [0.15, 0.2) is 40.7 Å². The number of sulfonamides is 1. The highest BCUT2D eigenvalue weighted by atomic mass is 32.2. The van der Waals surface area contributed by atoms with Crippen molar-refractivity contribution in [3.05, 3.63) is 57.9 Å². The molecule has 0 aliphatic rings. The van der Waals surface area contributed by atoms with Crippen molar-refractivity contribution in [2.24, 2.45) is 0 Å². The van der Waals surface area contributed by atoms with Crippen LogP contribution in [0.5, 0.6) is 0 Å². The maximum absolute atomic E-state index is 14.1. The van der Waals surface area contributed by atoms with Gasteiger partial charge in [0.2, 0.25) is 0 Å². The second-order valence-corrected chi connectivity index (χ2v) is 7.82. The number of carboxylic acids is 1. The molecular formula is C16H9F2N3O4S2. The number of aromatic nitrogens is 1. The summed E-state index contributed by atoms with van der Waals surface area (Å²) in [4.78, 5) is 12.7. The third-order valence-corrected chi connectivity index (χ3v) is 5.81. The molecule has 3 aromatic rings. The van der Waals surface area contributed by atoms with Crippen LogP contribution in [0, 0.1) is 23.0 Å². The molecule has 0 radical (unpaired) electrons. The van der Waals surface area contributed by atoms with Gasteiger partial charge in [0.15, 0.2) is 5.82 Å². The molecule has 0 aliphatic heterocycles. The molecule has 0 aliphatic carbocycles. The van der Waals surface area contributed by atoms with Gasteiger partial charge >= 0.3 is 5.97 Å². The van der Waals surface area contributed by atoms with E-state index in [-0.39, 0.29) is 27.4 Å². The minimum Gasteiger partial charge on any atom is -0.477 e. The van der Waals surface area contributed by atoms with Gasteiger partial charge in [-0.25, -0.2) is 22.0 Å². The van der Waals surface area contributed by atoms with Gasteiger partial charge in [-0.1, -0.05) is 0 Å². The molecule has 2 aromatic heterocycles. The van der Waals surface area contributed by atoms with E-state index in [1.165, 1.54) is 11.4 Å². The molecule has 11 heteroatoms. The van der Waals surface area contributed by atoms with Crippen LogP contribution in [-0.4, -0.2) is 24.5 Å². The topological polar surface area (TPSA) is 123 Å². The molecule has 1 aromatic carbocycles. The average Bonchev–Trinajstić information content (AvgIpc) is 3.23. The minimum atomic E-state index is -4.20. The van der Waals surface area contributed by atoms with E-state index in [2.05, 4.69) is 4.98 Å². The molecule has 0 fully saturated rings. The molecule has 2 heterocycles. The lowest BCUT2D eigenvalue weighted by atomic mass is 10.2. The largest absolute Gasteiger partial charge is 0.477 e. The molecule has 138 valence electrons. The number of rotatable bonds is 5. The number of nitrogens with zero attached hydrogens (tertiary/aromatic N) is 1. The smallest absolute Gasteiger partial charge is 0.348 e. The first-order chi connectivity index (χ1) is 12.7. The summed E-state index contributed by atoms with van der Waals surface area (Å²) >= 11 is 0.668. The SMILES string of the molecule is N#Cc1ccc(NS(=O)(=O)c2c[nH]c(-c3csc(C(=O)O)c3F)c2)c(F)c1. The summed E-state index contributed by atoms with van der Waals surface area (Å²) in [6, 6.07) is 6.06. The summed E-state index contributed by atoms with van der Waals surface area (Å²) in [6.45, 7) is 0. The Morgan fingerprint density at radius 3 is 2.63 bits per heavy atom. The standard InChI is InChI=1S/C16H9F2N3O4S2/c17-11-3-8(5-19)1-2-12(11)21-27(24,25)9-4-13(20-6-9)10-7-26-15(14(10)18)16(22)23/h1-4,6-7,20-21H,(H,22,23). The average molecular weight is 409 g/mol. The van der Waals surface area contributed by atoms with Gasteiger partial charge in [0.25, 0.3) is 10.0 Å². The molecule has 3 rings (SSSR count). The fourth-order valence-electron chi connectivity index (χ4n) is 2.23. The third-order valence-electron chi connectivity index (χ3n) is 3.52. The highest BCUT2D eigenvalue weighted by molar-refractivity contribution is 7.92. The number of aromatic amines is 1. The van der Waals surface area contributed by atoms with Crippen molar-refractivity contribution in [3.63, 3.8) is 0 Å². The summed E-state index contributed by atoms with van der Waals surface area (Å²) in [5.41, 5.74) is -0.367. The fraction of sp³-hybridized carbons (Fsp3) is 0. The van der Waals surface area contributed by atoms with E-state index in [9.17, 15) is 22.0 Å². The highest BCUT2D eigenvalue weighted by Gasteiger charge is 2.22. The van der Waals surface area contributed by atoms with E-state index in [4.69, 9.17) is 10.4 Å². The second-order valence-electron chi connectivity index (χ2n) is 5.26. The number of carbonyl (C=O) groups is 1. The normalized spacial score (nSPS) is 11.1. The summed E-state index contributed by atoms with van der Waals surface area (Å²) < 4.78 is 54.9. The molecule has 0 unspecified atom stereocenters. The molecule has 3 N–H and O–H groups in total. The number of benzene rings is 1. The maximum atomic E-state index is 14.1. The predicted molar refractivity (Wildman–Crippen MR) is 92.9 cm³/mol. The van der Waals surface area contributed by atoms with Crippen LogP contribution in [0.1, 0.15) is 15.2 Å². The lowest BCUT2D eigenvalue weighted by Gasteiger charge is -2.07. The van der Waals surface area contributed by atoms with Gasteiger partial charge < -0.3 is 10.1 Å². The Morgan fingerprint density at radius 2 is 2.04 bits per heavy atom. The molecule has 0 amide bonds. The number of nitriles is 1. The van der Waals surface area contributed by atoms with Crippen LogP contribution in [0.25, 0.3) is 11.3 Å². The van der Waals surface area contributed by atoms with Crippen molar-refractivity contribution in [2.75, 3.05) is 4.72 Å². The number of anilines is 1. The summed E-state index contributed by atoms with van der Waals surface area (Å²) in [6.07, 6.45) is 1.07. The fourth-order valence-corrected chi connectivity index (χ4v) is 4.07. The zero-order valence-corrected chi connectivity index (χ0v) is 14.8. The van der Waals surface area contributed by atoms with Crippen LogP contribution in [0.3, 0.4) is 0 Å². The molecule has 0 bridgehead atoms. The van der Waals surface area contributed by atoms with Crippen LogP contribution in [0.2, 0.25) is 0 Å². The van der Waals surface area contributed by atoms with Crippen molar-refractivity contribution >= 4 is 33.0 Å². The van der Waals surface area contributed by atoms with Gasteiger partial charge in [0.1, 0.15) is 15.6 Å². The Kier molecular flexibility index (Phi) is 4.69. The first kappa shape index (κ1) is 18.6. The third kappa shape index (κ3) is 3.53. The van der Waals surface area contributed by atoms with E-state index in [1.54, 1.807) is 6.07 Å². The number of nitrogens with one attached hydrogen (secondary N) is 2. The molecule has 7 nitrogen and oxygen atoms in total. The van der Waals surface area contributed by atoms with Gasteiger partial charge in [0, 0.05) is 17.1 Å². The van der Waals surface area contributed by atoms with Crippen molar-refractivity contribution in [1.82, 2.24) is 4.98 Å². The Hall–Kier alpha value is -3.23. The molecule has 0 spiro atoms. The molecule has 0 saturated carbocycles. The van der Waals surface area contributed by atoms with E-state index in [0.717, 1.165) is 24.4 Å². The highest BCUT2D eigenvalue weighted by Crippen LogP contribution is 2.31. The zero-order chi connectivity index (χ0) is 19.8. The number of halogens is 2. The van der Waals surface area contributed by atoms with Crippen molar-refractivity contribution in [3.8, 4) is 17.3 Å². The maximum Gasteiger partial charge on any atom is 0.348 e. The first-order valence-corrected chi connectivity index (χ1v) is 9.50. The molecular weight excluding hydrogens is 400 g/mol. The number of thiophene rings is 1. The summed E-state index contributed by atoms with van der Waals surface area (Å²) in [7, 11) is -4.20. The summed E-state index contributed by atoms with van der Waals surface area (Å²) in [5.74, 6) is -3.34. The van der Waals surface area contributed by atoms with Crippen molar-refractivity contribution in [2.45, 2.75) is 4.90 Å². The predicted octanol–water partition coefficient (Wildman–Crippen LogP) is 3.39. The van der Waals surface area contributed by atoms with Crippen LogP contribution in [0.4, 0.5) is 14.5 Å². The molecule has 0 atom stereocenters. The van der Waals surface area contributed by atoms with E-state index < -0.39 is 32.5 Å². The molecule has 27 heavy (non-hydrogen) atoms. The number of H-pyrrole nitrogens is 1. The van der Waals surface area contributed by atoms with Gasteiger partial charge in [0.05, 0.1) is 23.0 Å². The van der Waals surface area contributed by atoms with Gasteiger partial charge in [-0.15, -0.1) is 11.3 Å². The van der Waals surface area contributed by atoms with Gasteiger partial charge in [-0.05, 0) is 24.3 Å². The number of aromatic carboxylic acids is 1. The van der Waals surface area contributed by atoms with Crippen LogP contribution in [-0.2, 0) is 10.0 Å². The molecule has 0 saturated heterocycles. The first-order valence-electron chi connectivity index (χ1n) is 7.14. The van der Waals surface area contributed by atoms with Crippen LogP contribution < -0.4 is 4.72 Å². The van der Waals surface area contributed by atoms with E-state index in [1.807, 2.05) is 4.72 Å². The minimum absolute atomic E-state index is 0.0292. The van der Waals surface area contributed by atoms with Crippen molar-refractivity contribution < 1.29 is 27.1 Å². The van der Waals surface area contributed by atoms with Gasteiger partial charge in [-0.2, -0.15) is 5.26 Å². The van der Waals surface area contributed by atoms with Gasteiger partial charge in [-0.3, -0.25) is 4.72 Å². The Morgan fingerprint density at radius 1 is 1.30 bits per heavy atom. The lowest BCUT2D eigenvalue weighted by Crippen LogP contribution is -2.13. The Bertz CT molecular complexity index is 1190. The zero-order valence-electron chi connectivity index (χ0n) is 13.2. The van der Waals surface area contributed by atoms with Crippen LogP contribution >= 0.6 is 11.3 Å². The Labute approximate surface area is 155 Å². The quantitative estimate of drug-likeness (QED) is 0.596.